The number of hydrogen-bond acceptors (Lipinski definition) is 12. The third-order valence-electron chi connectivity index (χ3n) is 8.44. The molecule has 2 aliphatic heterocycles. The number of benzene rings is 4. The van der Waals surface area contributed by atoms with Gasteiger partial charge < -0.3 is 18.9 Å². The van der Waals surface area contributed by atoms with Crippen molar-refractivity contribution in [3.63, 3.8) is 0 Å². The summed E-state index contributed by atoms with van der Waals surface area (Å²) in [6, 6.07) is 34.4. The molecule has 0 saturated carbocycles. The first-order valence-electron chi connectivity index (χ1n) is 16.5. The van der Waals surface area contributed by atoms with Gasteiger partial charge in [-0.15, -0.1) is 0 Å². The Morgan fingerprint density at radius 1 is 0.556 bits per heavy atom. The lowest BCUT2D eigenvalue weighted by Crippen LogP contribution is -2.20. The van der Waals surface area contributed by atoms with Gasteiger partial charge in [-0.3, -0.25) is 29.8 Å². The predicted octanol–water partition coefficient (Wildman–Crippen LogP) is 8.98. The highest BCUT2D eigenvalue weighted by molar-refractivity contribution is 6.00. The Morgan fingerprint density at radius 2 is 0.963 bits per heavy atom. The second-order valence-corrected chi connectivity index (χ2v) is 12.0. The van der Waals surface area contributed by atoms with Crippen molar-refractivity contribution in [2.75, 3.05) is 0 Å². The van der Waals surface area contributed by atoms with E-state index in [1.807, 2.05) is 60.7 Å². The fourth-order valence-corrected chi connectivity index (χ4v) is 5.76. The Kier molecular flexibility index (Phi) is 9.97. The molecule has 0 spiro atoms. The van der Waals surface area contributed by atoms with E-state index >= 15 is 0 Å². The van der Waals surface area contributed by atoms with E-state index in [1.165, 1.54) is 24.3 Å². The maximum absolute atomic E-state index is 12.4. The van der Waals surface area contributed by atoms with Crippen LogP contribution in [0.2, 0.25) is 0 Å². The number of nitrogens with zero attached hydrogens (tertiary/aromatic N) is 4. The van der Waals surface area contributed by atoms with E-state index in [4.69, 9.17) is 18.9 Å². The van der Waals surface area contributed by atoms with E-state index < -0.39 is 9.85 Å². The Morgan fingerprint density at radius 3 is 1.31 bits per heavy atom. The van der Waals surface area contributed by atoms with Crippen LogP contribution in [-0.2, 0) is 0 Å². The van der Waals surface area contributed by atoms with Gasteiger partial charge in [0, 0.05) is 36.4 Å². The minimum absolute atomic E-state index is 0.00474. The Hall–Kier alpha value is -7.48. The molecule has 2 aromatic heterocycles. The predicted molar refractivity (Wildman–Crippen MR) is 192 cm³/mol. The molecule has 4 aromatic carbocycles. The van der Waals surface area contributed by atoms with Crippen LogP contribution in [0, 0.1) is 20.2 Å². The number of nitro groups is 2. The lowest BCUT2D eigenvalue weighted by Gasteiger charge is -2.25. The molecule has 0 amide bonds. The standard InChI is InChI=1S/2C20H14N2O5/c2*23-17-11-18(13-4-2-1-3-5-13)27-19-10-15(7-8-16(17)19)26-20-9-6-14(12-21-20)22(24)25/h2*1-10,12,18H,11H2. The van der Waals surface area contributed by atoms with E-state index in [-0.39, 0.29) is 59.8 Å². The van der Waals surface area contributed by atoms with Gasteiger partial charge in [-0.05, 0) is 35.4 Å². The number of fused-ring (bicyclic) bond motifs is 2. The molecule has 0 N–H and O–H groups in total. The summed E-state index contributed by atoms with van der Waals surface area (Å²) in [5, 5.41) is 21.4. The molecule has 2 unspecified atom stereocenters. The molecule has 8 rings (SSSR count). The second-order valence-electron chi connectivity index (χ2n) is 12.0. The molecule has 4 heterocycles. The molecule has 54 heavy (non-hydrogen) atoms. The largest absolute Gasteiger partial charge is 0.484 e. The van der Waals surface area contributed by atoms with Crippen molar-refractivity contribution in [3.8, 4) is 34.8 Å². The van der Waals surface area contributed by atoms with Crippen LogP contribution in [0.3, 0.4) is 0 Å². The van der Waals surface area contributed by atoms with Gasteiger partial charge in [0.25, 0.3) is 11.4 Å². The molecule has 0 radical (unpaired) electrons. The number of carbonyl (C=O) groups excluding carboxylic acids is 2. The van der Waals surface area contributed by atoms with Crippen LogP contribution in [0.1, 0.15) is 56.9 Å². The smallest absolute Gasteiger partial charge is 0.287 e. The number of rotatable bonds is 8. The topological polar surface area (TPSA) is 183 Å². The van der Waals surface area contributed by atoms with Crippen LogP contribution < -0.4 is 18.9 Å². The highest BCUT2D eigenvalue weighted by Gasteiger charge is 2.29. The molecule has 2 atom stereocenters. The van der Waals surface area contributed by atoms with Crippen LogP contribution in [0.15, 0.2) is 134 Å². The highest BCUT2D eigenvalue weighted by atomic mass is 16.6. The molecule has 268 valence electrons. The summed E-state index contributed by atoms with van der Waals surface area (Å²) in [7, 11) is 0. The first kappa shape index (κ1) is 34.9. The second kappa shape index (κ2) is 15.4. The summed E-state index contributed by atoms with van der Waals surface area (Å²) in [6.07, 6.45) is 2.11. The van der Waals surface area contributed by atoms with Crippen LogP contribution in [0.25, 0.3) is 0 Å². The molecule has 0 bridgehead atoms. The molecule has 0 fully saturated rings. The fraction of sp³-hybridized carbons (Fsp3) is 0.100. The molecular weight excluding hydrogens is 696 g/mol. The van der Waals surface area contributed by atoms with Gasteiger partial charge >= 0.3 is 0 Å². The molecular formula is C40H28N4O10. The number of ether oxygens (including phenoxy) is 4. The normalized spacial score (nSPS) is 15.6. The van der Waals surface area contributed by atoms with Crippen molar-refractivity contribution in [1.82, 2.24) is 9.97 Å². The van der Waals surface area contributed by atoms with Gasteiger partial charge in [0.15, 0.2) is 11.6 Å². The van der Waals surface area contributed by atoms with Crippen molar-refractivity contribution >= 4 is 22.9 Å². The van der Waals surface area contributed by atoms with Gasteiger partial charge in [-0.1, -0.05) is 60.7 Å². The number of ketones is 2. The summed E-state index contributed by atoms with van der Waals surface area (Å²) >= 11 is 0. The third-order valence-corrected chi connectivity index (χ3v) is 8.44. The summed E-state index contributed by atoms with van der Waals surface area (Å²) in [4.78, 5) is 53.0. The van der Waals surface area contributed by atoms with Crippen LogP contribution in [0.5, 0.6) is 34.8 Å². The number of carbonyl (C=O) groups is 2. The van der Waals surface area contributed by atoms with E-state index in [9.17, 15) is 29.8 Å². The molecule has 14 nitrogen and oxygen atoms in total. The number of pyridine rings is 2. The minimum atomic E-state index is -0.529. The zero-order valence-corrected chi connectivity index (χ0v) is 28.1. The molecule has 0 saturated heterocycles. The van der Waals surface area contributed by atoms with Crippen molar-refractivity contribution < 1.29 is 38.4 Å². The molecule has 6 aromatic rings. The maximum Gasteiger partial charge on any atom is 0.287 e. The van der Waals surface area contributed by atoms with E-state index in [0.29, 0.717) is 34.1 Å². The van der Waals surface area contributed by atoms with Crippen molar-refractivity contribution in [2.45, 2.75) is 25.0 Å². The number of Topliss-reactive ketones (excluding diaryl/α,β-unsaturated/α-hetero) is 2. The van der Waals surface area contributed by atoms with Crippen LogP contribution in [-0.4, -0.2) is 31.4 Å². The van der Waals surface area contributed by atoms with Crippen molar-refractivity contribution in [1.29, 1.82) is 0 Å². The SMILES string of the molecule is O=C1CC(c2ccccc2)Oc2cc(Oc3ccc([N+](=O)[O-])cn3)ccc21.O=C1CC(c2ccccc2)Oc2cc(Oc3ccc([N+](=O)[O-])cn3)ccc21. The first-order valence-corrected chi connectivity index (χ1v) is 16.5. The average Bonchev–Trinajstić information content (AvgIpc) is 3.19. The average molecular weight is 725 g/mol. The molecule has 0 aliphatic carbocycles. The number of aromatic nitrogens is 2. The zero-order chi connectivity index (χ0) is 37.6. The van der Waals surface area contributed by atoms with Gasteiger partial charge in [0.1, 0.15) is 47.6 Å². The zero-order valence-electron chi connectivity index (χ0n) is 28.1. The summed E-state index contributed by atoms with van der Waals surface area (Å²) in [5.41, 5.74) is 2.64. The summed E-state index contributed by atoms with van der Waals surface area (Å²) in [6.45, 7) is 0. The molecule has 2 aliphatic rings. The van der Waals surface area contributed by atoms with Gasteiger partial charge in [-0.25, -0.2) is 9.97 Å². The van der Waals surface area contributed by atoms with E-state index in [0.717, 1.165) is 23.5 Å². The first-order chi connectivity index (χ1) is 26.2. The Bertz CT molecular complexity index is 2170. The monoisotopic (exact) mass is 724 g/mol. The third kappa shape index (κ3) is 8.02. The van der Waals surface area contributed by atoms with Gasteiger partial charge in [-0.2, -0.15) is 0 Å². The van der Waals surface area contributed by atoms with Crippen LogP contribution in [0.4, 0.5) is 11.4 Å². The Balaban J connectivity index is 0.000000167. The summed E-state index contributed by atoms with van der Waals surface area (Å²) in [5.74, 6) is 2.17. The van der Waals surface area contributed by atoms with Gasteiger partial charge in [0.05, 0.1) is 33.8 Å². The van der Waals surface area contributed by atoms with E-state index in [2.05, 4.69) is 9.97 Å². The maximum atomic E-state index is 12.4. The van der Waals surface area contributed by atoms with Crippen molar-refractivity contribution in [2.24, 2.45) is 0 Å². The van der Waals surface area contributed by atoms with Gasteiger partial charge in [0.2, 0.25) is 11.8 Å². The minimum Gasteiger partial charge on any atom is -0.484 e. The lowest BCUT2D eigenvalue weighted by atomic mass is 9.96. The quantitative estimate of drug-likeness (QED) is 0.107. The fourth-order valence-electron chi connectivity index (χ4n) is 5.76. The van der Waals surface area contributed by atoms with Crippen LogP contribution >= 0.6 is 0 Å². The van der Waals surface area contributed by atoms with E-state index in [1.54, 1.807) is 36.4 Å². The Labute approximate surface area is 306 Å². The summed E-state index contributed by atoms with van der Waals surface area (Å²) < 4.78 is 23.3. The highest BCUT2D eigenvalue weighted by Crippen LogP contribution is 2.39. The van der Waals surface area contributed by atoms with Crippen molar-refractivity contribution in [3.05, 3.63) is 176 Å². The molecule has 14 heteroatoms. The lowest BCUT2D eigenvalue weighted by molar-refractivity contribution is -0.385. The number of hydrogen-bond donors (Lipinski definition) is 0.